The minimum atomic E-state index is -1.17. The van der Waals surface area contributed by atoms with E-state index < -0.39 is 22.7 Å². The summed E-state index contributed by atoms with van der Waals surface area (Å²) in [4.78, 5) is 49.3. The molecule has 4 rings (SSSR count). The summed E-state index contributed by atoms with van der Waals surface area (Å²) < 4.78 is 0. The third kappa shape index (κ3) is 2.28. The number of nitro benzene ring substituents is 1. The van der Waals surface area contributed by atoms with Gasteiger partial charge in [0.05, 0.1) is 21.6 Å². The van der Waals surface area contributed by atoms with Gasteiger partial charge in [0.2, 0.25) is 0 Å². The number of imide groups is 1. The highest BCUT2D eigenvalue weighted by molar-refractivity contribution is 6.36. The predicted molar refractivity (Wildman–Crippen MR) is 99.9 cm³/mol. The lowest BCUT2D eigenvalue weighted by molar-refractivity contribution is -0.383. The highest BCUT2D eigenvalue weighted by Crippen LogP contribution is 2.37. The lowest BCUT2D eigenvalue weighted by atomic mass is 9.92. The number of aromatic carboxylic acids is 1. The molecule has 3 aromatic rings. The zero-order valence-corrected chi connectivity index (χ0v) is 14.5. The number of nitrogens with zero attached hydrogens (tertiary/aromatic N) is 2. The number of carboxylic acids is 1. The highest BCUT2D eigenvalue weighted by Gasteiger charge is 2.36. The molecule has 0 aromatic heterocycles. The number of hydrogen-bond donors (Lipinski definition) is 1. The van der Waals surface area contributed by atoms with Crippen molar-refractivity contribution in [1.29, 1.82) is 0 Å². The van der Waals surface area contributed by atoms with E-state index in [9.17, 15) is 29.6 Å². The van der Waals surface area contributed by atoms with Gasteiger partial charge in [0.25, 0.3) is 17.5 Å². The van der Waals surface area contributed by atoms with Crippen LogP contribution in [0.25, 0.3) is 10.8 Å². The van der Waals surface area contributed by atoms with Crippen molar-refractivity contribution in [1.82, 2.24) is 0 Å². The predicted octanol–water partition coefficient (Wildman–Crippen LogP) is 3.56. The summed E-state index contributed by atoms with van der Waals surface area (Å²) in [5, 5.41) is 21.1. The Bertz CT molecular complexity index is 1210. The first-order valence-electron chi connectivity index (χ1n) is 8.24. The number of nitro groups is 1. The van der Waals surface area contributed by atoms with E-state index in [-0.39, 0.29) is 44.4 Å². The fraction of sp³-hybridized carbons (Fsp3) is 0.0500. The molecule has 0 saturated carbocycles. The van der Waals surface area contributed by atoms with Crippen molar-refractivity contribution in [2.75, 3.05) is 4.90 Å². The van der Waals surface area contributed by atoms with E-state index in [1.807, 2.05) is 0 Å². The lowest BCUT2D eigenvalue weighted by Gasteiger charge is -2.28. The van der Waals surface area contributed by atoms with Crippen LogP contribution in [-0.2, 0) is 0 Å². The Morgan fingerprint density at radius 1 is 1.00 bits per heavy atom. The van der Waals surface area contributed by atoms with E-state index in [0.717, 1.165) is 4.90 Å². The van der Waals surface area contributed by atoms with Gasteiger partial charge >= 0.3 is 5.97 Å². The highest BCUT2D eigenvalue weighted by atomic mass is 16.6. The average molecular weight is 376 g/mol. The van der Waals surface area contributed by atoms with Gasteiger partial charge < -0.3 is 5.11 Å². The van der Waals surface area contributed by atoms with E-state index >= 15 is 0 Å². The van der Waals surface area contributed by atoms with Crippen molar-refractivity contribution in [3.63, 3.8) is 0 Å². The van der Waals surface area contributed by atoms with Crippen molar-refractivity contribution in [3.05, 3.63) is 80.9 Å². The molecule has 0 saturated heterocycles. The van der Waals surface area contributed by atoms with Crippen LogP contribution in [0.15, 0.2) is 48.5 Å². The first-order valence-corrected chi connectivity index (χ1v) is 8.24. The van der Waals surface area contributed by atoms with E-state index in [4.69, 9.17) is 0 Å². The molecule has 0 atom stereocenters. The molecule has 1 aliphatic heterocycles. The van der Waals surface area contributed by atoms with Crippen LogP contribution >= 0.6 is 0 Å². The van der Waals surface area contributed by atoms with Gasteiger partial charge in [-0.15, -0.1) is 0 Å². The number of carbonyl (C=O) groups is 3. The molecule has 0 unspecified atom stereocenters. The van der Waals surface area contributed by atoms with Crippen LogP contribution in [0.3, 0.4) is 0 Å². The number of rotatable bonds is 3. The third-order valence-corrected chi connectivity index (χ3v) is 4.86. The Morgan fingerprint density at radius 3 is 2.29 bits per heavy atom. The van der Waals surface area contributed by atoms with Crippen molar-refractivity contribution in [2.45, 2.75) is 6.92 Å². The van der Waals surface area contributed by atoms with Crippen molar-refractivity contribution >= 4 is 39.9 Å². The quantitative estimate of drug-likeness (QED) is 0.424. The summed E-state index contributed by atoms with van der Waals surface area (Å²) in [6, 6.07) is 11.4. The topological polar surface area (TPSA) is 118 Å². The number of amides is 2. The fourth-order valence-electron chi connectivity index (χ4n) is 3.56. The molecule has 0 bridgehead atoms. The number of benzene rings is 3. The van der Waals surface area contributed by atoms with Gasteiger partial charge in [-0.05, 0) is 42.8 Å². The minimum absolute atomic E-state index is 0.0224. The average Bonchev–Trinajstić information content (AvgIpc) is 2.66. The van der Waals surface area contributed by atoms with E-state index in [1.165, 1.54) is 55.5 Å². The van der Waals surface area contributed by atoms with E-state index in [0.29, 0.717) is 0 Å². The number of carboxylic acid groups (broad SMARTS) is 1. The molecule has 0 aliphatic carbocycles. The van der Waals surface area contributed by atoms with Crippen LogP contribution in [0.4, 0.5) is 11.4 Å². The Kier molecular flexibility index (Phi) is 3.71. The van der Waals surface area contributed by atoms with Gasteiger partial charge in [-0.3, -0.25) is 19.7 Å². The zero-order valence-electron chi connectivity index (χ0n) is 14.5. The summed E-state index contributed by atoms with van der Waals surface area (Å²) >= 11 is 0. The van der Waals surface area contributed by atoms with Gasteiger partial charge in [0.15, 0.2) is 0 Å². The second-order valence-electron chi connectivity index (χ2n) is 6.32. The third-order valence-electron chi connectivity index (χ3n) is 4.86. The summed E-state index contributed by atoms with van der Waals surface area (Å²) in [6.07, 6.45) is 0. The number of anilines is 1. The molecule has 8 nitrogen and oxygen atoms in total. The molecule has 28 heavy (non-hydrogen) atoms. The van der Waals surface area contributed by atoms with Crippen molar-refractivity contribution < 1.29 is 24.4 Å². The molecule has 0 radical (unpaired) electrons. The Morgan fingerprint density at radius 2 is 1.64 bits per heavy atom. The summed E-state index contributed by atoms with van der Waals surface area (Å²) in [6.45, 7) is 1.52. The molecule has 8 heteroatoms. The molecule has 2 amide bonds. The smallest absolute Gasteiger partial charge is 0.336 e. The van der Waals surface area contributed by atoms with Gasteiger partial charge in [-0.1, -0.05) is 12.1 Å². The summed E-state index contributed by atoms with van der Waals surface area (Å²) in [5.41, 5.74) is 0.515. The molecular weight excluding hydrogens is 364 g/mol. The zero-order chi connectivity index (χ0) is 20.2. The Labute approximate surface area is 157 Å². The molecule has 138 valence electrons. The number of carbonyl (C=O) groups excluding carboxylic acids is 2. The van der Waals surface area contributed by atoms with Gasteiger partial charge in [0, 0.05) is 22.6 Å². The number of non-ortho nitro benzene ring substituents is 1. The van der Waals surface area contributed by atoms with Gasteiger partial charge in [-0.25, -0.2) is 9.69 Å². The standard InChI is InChI=1S/C20H12N2O6/c1-10-11(20(25)26)4-3-7-15(10)21-18(23)13-6-2-5-12-16(22(27)28)9-8-14(17(12)13)19(21)24/h2-9H,1H3,(H,25,26). The van der Waals surface area contributed by atoms with Crippen molar-refractivity contribution in [2.24, 2.45) is 0 Å². The molecule has 3 aromatic carbocycles. The second kappa shape index (κ2) is 5.98. The monoisotopic (exact) mass is 376 g/mol. The first-order chi connectivity index (χ1) is 13.3. The Balaban J connectivity index is 1.99. The molecule has 0 fully saturated rings. The molecular formula is C20H12N2O6. The second-order valence-corrected chi connectivity index (χ2v) is 6.32. The van der Waals surface area contributed by atoms with Gasteiger partial charge in [-0.2, -0.15) is 0 Å². The fourth-order valence-corrected chi connectivity index (χ4v) is 3.56. The minimum Gasteiger partial charge on any atom is -0.478 e. The van der Waals surface area contributed by atoms with Crippen LogP contribution in [0, 0.1) is 17.0 Å². The molecule has 1 heterocycles. The SMILES string of the molecule is Cc1c(C(=O)O)cccc1N1C(=O)c2cccc3c([N+](=O)[O-])ccc(c23)C1=O. The van der Waals surface area contributed by atoms with Crippen molar-refractivity contribution in [3.8, 4) is 0 Å². The van der Waals surface area contributed by atoms with Crippen LogP contribution in [0.5, 0.6) is 0 Å². The van der Waals surface area contributed by atoms with Crippen LogP contribution in [-0.4, -0.2) is 27.8 Å². The maximum Gasteiger partial charge on any atom is 0.336 e. The maximum absolute atomic E-state index is 13.1. The first kappa shape index (κ1) is 17.3. The molecule has 1 aliphatic rings. The molecule has 0 spiro atoms. The number of hydrogen-bond acceptors (Lipinski definition) is 5. The van der Waals surface area contributed by atoms with E-state index in [1.54, 1.807) is 0 Å². The lowest BCUT2D eigenvalue weighted by Crippen LogP contribution is -2.41. The van der Waals surface area contributed by atoms with Crippen LogP contribution in [0.2, 0.25) is 0 Å². The largest absolute Gasteiger partial charge is 0.478 e. The maximum atomic E-state index is 13.1. The molecule has 1 N–H and O–H groups in total. The normalized spacial score (nSPS) is 13.1. The summed E-state index contributed by atoms with van der Waals surface area (Å²) in [7, 11) is 0. The summed E-state index contributed by atoms with van der Waals surface area (Å²) in [5.74, 6) is -2.49. The van der Waals surface area contributed by atoms with Crippen LogP contribution < -0.4 is 4.90 Å². The van der Waals surface area contributed by atoms with Crippen LogP contribution in [0.1, 0.15) is 36.6 Å². The Hall–Kier alpha value is -4.07. The van der Waals surface area contributed by atoms with Gasteiger partial charge in [0.1, 0.15) is 0 Å². The van der Waals surface area contributed by atoms with E-state index in [2.05, 4.69) is 0 Å².